The molecule has 0 bridgehead atoms. The smallest absolute Gasteiger partial charge is 0.306 e. The number of unbranched alkanes of at least 4 members (excludes halogenated alkanes) is 32. The van der Waals surface area contributed by atoms with Crippen LogP contribution in [0.5, 0.6) is 0 Å². The predicted molar refractivity (Wildman–Crippen MR) is 275 cm³/mol. The molecule has 0 amide bonds. The summed E-state index contributed by atoms with van der Waals surface area (Å²) in [5.74, 6) is -0.958. The van der Waals surface area contributed by atoms with E-state index >= 15 is 0 Å². The first-order valence-corrected chi connectivity index (χ1v) is 27.4. The molecule has 0 saturated carbocycles. The van der Waals surface area contributed by atoms with E-state index in [9.17, 15) is 14.4 Å². The number of carbonyl (C=O) groups is 3. The number of hydrogen-bond donors (Lipinski definition) is 0. The van der Waals surface area contributed by atoms with Gasteiger partial charge in [-0.2, -0.15) is 0 Å². The van der Waals surface area contributed by atoms with Gasteiger partial charge in [-0.25, -0.2) is 0 Å². The average molecular weight is 895 g/mol. The molecule has 0 heterocycles. The SMILES string of the molecule is CC/C=C/C=C/C=C/C=C/C=C/CCCC(=O)OCC(COC(=O)CCCCCCCCCCCCCCCCCCCC)OC(=O)CCCCCCCCCCCCCCCCC. The molecule has 0 aromatic carbocycles. The summed E-state index contributed by atoms with van der Waals surface area (Å²) in [6.07, 6.45) is 65.1. The fraction of sp³-hybridized carbons (Fsp3) is 0.776. The molecule has 0 spiro atoms. The van der Waals surface area contributed by atoms with Crippen molar-refractivity contribution in [2.24, 2.45) is 0 Å². The lowest BCUT2D eigenvalue weighted by Crippen LogP contribution is -2.30. The highest BCUT2D eigenvalue weighted by molar-refractivity contribution is 5.71. The third kappa shape index (κ3) is 50.1. The van der Waals surface area contributed by atoms with Crippen LogP contribution in [0.1, 0.15) is 271 Å². The van der Waals surface area contributed by atoms with E-state index in [-0.39, 0.29) is 37.5 Å². The van der Waals surface area contributed by atoms with Crippen LogP contribution in [-0.2, 0) is 28.6 Å². The van der Waals surface area contributed by atoms with Crippen molar-refractivity contribution < 1.29 is 28.6 Å². The first-order valence-electron chi connectivity index (χ1n) is 27.4. The summed E-state index contributed by atoms with van der Waals surface area (Å²) in [6, 6.07) is 0. The zero-order valence-electron chi connectivity index (χ0n) is 42.3. The third-order valence-electron chi connectivity index (χ3n) is 11.9. The van der Waals surface area contributed by atoms with Gasteiger partial charge in [0.15, 0.2) is 6.10 Å². The van der Waals surface area contributed by atoms with Crippen molar-refractivity contribution >= 4 is 17.9 Å². The van der Waals surface area contributed by atoms with Gasteiger partial charge in [0.25, 0.3) is 0 Å². The van der Waals surface area contributed by atoms with E-state index in [0.717, 1.165) is 51.4 Å². The number of esters is 3. The van der Waals surface area contributed by atoms with Crippen LogP contribution in [0, 0.1) is 0 Å². The Kier molecular flexibility index (Phi) is 50.4. The Hall–Kier alpha value is -2.89. The Morgan fingerprint density at radius 3 is 0.953 bits per heavy atom. The van der Waals surface area contributed by atoms with Gasteiger partial charge < -0.3 is 14.2 Å². The van der Waals surface area contributed by atoms with Gasteiger partial charge in [-0.15, -0.1) is 0 Å². The van der Waals surface area contributed by atoms with E-state index in [0.29, 0.717) is 19.3 Å². The Bertz CT molecular complexity index is 1170. The van der Waals surface area contributed by atoms with E-state index in [2.05, 4.69) is 26.8 Å². The van der Waals surface area contributed by atoms with Crippen LogP contribution in [0.2, 0.25) is 0 Å². The summed E-state index contributed by atoms with van der Waals surface area (Å²) in [5.41, 5.74) is 0. The lowest BCUT2D eigenvalue weighted by atomic mass is 10.0. The normalized spacial score (nSPS) is 12.5. The second-order valence-electron chi connectivity index (χ2n) is 18.2. The average Bonchev–Trinajstić information content (AvgIpc) is 3.29. The zero-order chi connectivity index (χ0) is 46.5. The van der Waals surface area contributed by atoms with Crippen LogP contribution in [-0.4, -0.2) is 37.2 Å². The highest BCUT2D eigenvalue weighted by Crippen LogP contribution is 2.17. The molecule has 0 aliphatic rings. The molecular weight excluding hydrogens is 793 g/mol. The van der Waals surface area contributed by atoms with Gasteiger partial charge in [-0.1, -0.05) is 281 Å². The predicted octanol–water partition coefficient (Wildman–Crippen LogP) is 18.0. The summed E-state index contributed by atoms with van der Waals surface area (Å²) in [5, 5.41) is 0. The summed E-state index contributed by atoms with van der Waals surface area (Å²) >= 11 is 0. The minimum absolute atomic E-state index is 0.0927. The minimum Gasteiger partial charge on any atom is -0.462 e. The Morgan fingerprint density at radius 1 is 0.328 bits per heavy atom. The van der Waals surface area contributed by atoms with Gasteiger partial charge in [-0.05, 0) is 32.1 Å². The number of rotatable bonds is 49. The summed E-state index contributed by atoms with van der Waals surface area (Å²) in [7, 11) is 0. The molecule has 0 aliphatic carbocycles. The Balaban J connectivity index is 4.40. The monoisotopic (exact) mass is 895 g/mol. The maximum atomic E-state index is 12.8. The molecular formula is C58H102O6. The topological polar surface area (TPSA) is 78.9 Å². The molecule has 0 aromatic heterocycles. The maximum Gasteiger partial charge on any atom is 0.306 e. The standard InChI is InChI=1S/C58H102O6/c1-4-7-10-13-16-19-22-25-27-28-29-31-33-36-39-42-45-48-51-57(60)63-54-55(53-62-56(59)50-47-44-41-38-35-32-24-21-18-15-12-9-6-3)64-58(61)52-49-46-43-40-37-34-30-26-23-20-17-14-11-8-5-2/h9,12,15,18,21,24,32,35,38,41,55H,4-8,10-11,13-14,16-17,19-20,22-23,25-31,33-34,36-37,39-40,42-54H2,1-3H3/b12-9+,18-15+,24-21+,35-32+,41-38+. The highest BCUT2D eigenvalue weighted by Gasteiger charge is 2.19. The molecule has 0 radical (unpaired) electrons. The molecule has 0 aromatic rings. The van der Waals surface area contributed by atoms with Crippen LogP contribution in [0.4, 0.5) is 0 Å². The van der Waals surface area contributed by atoms with Gasteiger partial charge in [-0.3, -0.25) is 14.4 Å². The van der Waals surface area contributed by atoms with Crippen LogP contribution >= 0.6 is 0 Å². The fourth-order valence-electron chi connectivity index (χ4n) is 7.83. The summed E-state index contributed by atoms with van der Waals surface area (Å²) < 4.78 is 16.8. The third-order valence-corrected chi connectivity index (χ3v) is 11.9. The quantitative estimate of drug-likeness (QED) is 0.0262. The van der Waals surface area contributed by atoms with Crippen molar-refractivity contribution in [3.63, 3.8) is 0 Å². The summed E-state index contributed by atoms with van der Waals surface area (Å²) in [4.78, 5) is 38.0. The number of allylic oxidation sites excluding steroid dienone is 10. The van der Waals surface area contributed by atoms with Crippen LogP contribution in [0.25, 0.3) is 0 Å². The molecule has 370 valence electrons. The molecule has 6 heteroatoms. The molecule has 1 atom stereocenters. The molecule has 6 nitrogen and oxygen atoms in total. The first-order chi connectivity index (χ1) is 31.5. The van der Waals surface area contributed by atoms with E-state index < -0.39 is 6.10 Å². The molecule has 0 rings (SSSR count). The van der Waals surface area contributed by atoms with E-state index in [1.54, 1.807) is 0 Å². The van der Waals surface area contributed by atoms with Crippen molar-refractivity contribution in [2.75, 3.05) is 13.2 Å². The number of hydrogen-bond acceptors (Lipinski definition) is 6. The van der Waals surface area contributed by atoms with E-state index in [1.807, 2.05) is 54.7 Å². The molecule has 0 saturated heterocycles. The lowest BCUT2D eigenvalue weighted by molar-refractivity contribution is -0.167. The molecule has 0 N–H and O–H groups in total. The Labute approximate surface area is 396 Å². The van der Waals surface area contributed by atoms with E-state index in [4.69, 9.17) is 14.2 Å². The maximum absolute atomic E-state index is 12.8. The molecule has 64 heavy (non-hydrogen) atoms. The molecule has 1 unspecified atom stereocenters. The van der Waals surface area contributed by atoms with Crippen molar-refractivity contribution in [1.82, 2.24) is 0 Å². The second-order valence-corrected chi connectivity index (χ2v) is 18.2. The zero-order valence-corrected chi connectivity index (χ0v) is 42.3. The number of ether oxygens (including phenoxy) is 3. The fourth-order valence-corrected chi connectivity index (χ4v) is 7.83. The minimum atomic E-state index is -0.798. The van der Waals surface area contributed by atoms with Gasteiger partial charge >= 0.3 is 17.9 Å². The molecule has 0 aliphatic heterocycles. The van der Waals surface area contributed by atoms with Gasteiger partial charge in [0.05, 0.1) is 0 Å². The first kappa shape index (κ1) is 61.1. The highest BCUT2D eigenvalue weighted by atomic mass is 16.6. The van der Waals surface area contributed by atoms with Crippen LogP contribution in [0.3, 0.4) is 0 Å². The Morgan fingerprint density at radius 2 is 0.609 bits per heavy atom. The van der Waals surface area contributed by atoms with Crippen molar-refractivity contribution in [1.29, 1.82) is 0 Å². The van der Waals surface area contributed by atoms with Gasteiger partial charge in [0.2, 0.25) is 0 Å². The van der Waals surface area contributed by atoms with Crippen molar-refractivity contribution in [2.45, 2.75) is 277 Å². The summed E-state index contributed by atoms with van der Waals surface area (Å²) in [6.45, 7) is 6.46. The van der Waals surface area contributed by atoms with Crippen LogP contribution in [0.15, 0.2) is 60.8 Å². The molecule has 0 fully saturated rings. The van der Waals surface area contributed by atoms with E-state index in [1.165, 1.54) is 173 Å². The second kappa shape index (κ2) is 52.7. The van der Waals surface area contributed by atoms with Crippen molar-refractivity contribution in [3.05, 3.63) is 60.8 Å². The van der Waals surface area contributed by atoms with Gasteiger partial charge in [0.1, 0.15) is 13.2 Å². The van der Waals surface area contributed by atoms with Crippen molar-refractivity contribution in [3.8, 4) is 0 Å². The number of carbonyl (C=O) groups excluding carboxylic acids is 3. The van der Waals surface area contributed by atoms with Crippen LogP contribution < -0.4 is 0 Å². The lowest BCUT2D eigenvalue weighted by Gasteiger charge is -2.18. The van der Waals surface area contributed by atoms with Gasteiger partial charge in [0, 0.05) is 19.3 Å². The largest absolute Gasteiger partial charge is 0.462 e.